The van der Waals surface area contributed by atoms with E-state index in [2.05, 4.69) is 37.1 Å². The highest BCUT2D eigenvalue weighted by Gasteiger charge is 2.32. The van der Waals surface area contributed by atoms with Crippen molar-refractivity contribution in [1.29, 1.82) is 0 Å². The van der Waals surface area contributed by atoms with Gasteiger partial charge in [0.15, 0.2) is 0 Å². The van der Waals surface area contributed by atoms with Crippen molar-refractivity contribution < 1.29 is 14.3 Å². The summed E-state index contributed by atoms with van der Waals surface area (Å²) in [7, 11) is 1.38. The van der Waals surface area contributed by atoms with Crippen molar-refractivity contribution in [3.05, 3.63) is 41.2 Å². The number of esters is 1. The summed E-state index contributed by atoms with van der Waals surface area (Å²) in [4.78, 5) is 32.0. The lowest BCUT2D eigenvalue weighted by molar-refractivity contribution is -0.124. The minimum Gasteiger partial charge on any atom is -0.465 e. The summed E-state index contributed by atoms with van der Waals surface area (Å²) in [6.07, 6.45) is 4.27. The van der Waals surface area contributed by atoms with Crippen molar-refractivity contribution in [3.63, 3.8) is 0 Å². The highest BCUT2D eigenvalue weighted by molar-refractivity contribution is 5.93. The molecule has 1 aliphatic rings. The van der Waals surface area contributed by atoms with E-state index < -0.39 is 0 Å². The number of aromatic amines is 1. The largest absolute Gasteiger partial charge is 0.465 e. The van der Waals surface area contributed by atoms with Crippen LogP contribution >= 0.6 is 0 Å². The number of nitrogens with one attached hydrogen (secondary N) is 2. The van der Waals surface area contributed by atoms with Gasteiger partial charge in [-0.1, -0.05) is 39.3 Å². The minimum absolute atomic E-state index is 0.00620. The van der Waals surface area contributed by atoms with Gasteiger partial charge in [-0.25, -0.2) is 9.78 Å². The molecule has 0 spiro atoms. The van der Waals surface area contributed by atoms with E-state index in [0.717, 1.165) is 29.7 Å². The summed E-state index contributed by atoms with van der Waals surface area (Å²) in [5.74, 6) is 2.52. The molecule has 0 radical (unpaired) electrons. The number of fused-ring (bicyclic) bond motifs is 1. The summed E-state index contributed by atoms with van der Waals surface area (Å²) in [6.45, 7) is 11.3. The van der Waals surface area contributed by atoms with E-state index in [1.54, 1.807) is 12.1 Å². The maximum absolute atomic E-state index is 12.0. The molecule has 0 saturated heterocycles. The number of amides is 1. The molecule has 0 saturated carbocycles. The Hall–Kier alpha value is -2.63. The third kappa shape index (κ3) is 5.35. The fourth-order valence-electron chi connectivity index (χ4n) is 4.57. The van der Waals surface area contributed by atoms with Gasteiger partial charge in [-0.05, 0) is 55.2 Å². The molecule has 1 aromatic heterocycles. The van der Waals surface area contributed by atoms with Gasteiger partial charge in [-0.2, -0.15) is 0 Å². The highest BCUT2D eigenvalue weighted by atomic mass is 16.5. The number of allylic oxidation sites excluding steroid dienone is 1. The van der Waals surface area contributed by atoms with Gasteiger partial charge >= 0.3 is 5.97 Å². The lowest BCUT2D eigenvalue weighted by Gasteiger charge is -2.37. The maximum Gasteiger partial charge on any atom is 0.337 e. The van der Waals surface area contributed by atoms with Crippen molar-refractivity contribution in [3.8, 4) is 0 Å². The molecule has 3 rings (SSSR count). The van der Waals surface area contributed by atoms with Crippen LogP contribution in [0.4, 0.5) is 0 Å². The second-order valence-corrected chi connectivity index (χ2v) is 9.43. The molecule has 31 heavy (non-hydrogen) atoms. The molecular formula is C25H35N3O3. The Morgan fingerprint density at radius 3 is 2.65 bits per heavy atom. The average Bonchev–Trinajstić information content (AvgIpc) is 3.14. The number of nitrogens with zero attached hydrogens (tertiary/aromatic N) is 1. The number of rotatable bonds is 7. The molecule has 3 atom stereocenters. The Labute approximate surface area is 184 Å². The Morgan fingerprint density at radius 2 is 2.00 bits per heavy atom. The number of H-pyrrole nitrogens is 1. The number of hydrogen-bond donors (Lipinski definition) is 2. The molecule has 0 bridgehead atoms. The van der Waals surface area contributed by atoms with Crippen LogP contribution in [0.15, 0.2) is 29.8 Å². The number of carbonyl (C=O) groups is 2. The summed E-state index contributed by atoms with van der Waals surface area (Å²) in [5.41, 5.74) is 3.58. The van der Waals surface area contributed by atoms with Crippen LogP contribution in [0, 0.1) is 29.6 Å². The summed E-state index contributed by atoms with van der Waals surface area (Å²) in [5, 5.41) is 3.12. The number of benzene rings is 1. The fourth-order valence-corrected chi connectivity index (χ4v) is 4.57. The molecule has 1 aliphatic carbocycles. The highest BCUT2D eigenvalue weighted by Crippen LogP contribution is 2.38. The normalized spacial score (nSPS) is 21.4. The van der Waals surface area contributed by atoms with Crippen LogP contribution in [0.25, 0.3) is 11.0 Å². The molecule has 0 aliphatic heterocycles. The molecule has 6 heteroatoms. The van der Waals surface area contributed by atoms with E-state index in [1.165, 1.54) is 12.7 Å². The van der Waals surface area contributed by atoms with Crippen molar-refractivity contribution in [1.82, 2.24) is 15.3 Å². The van der Waals surface area contributed by atoms with Crippen LogP contribution < -0.4 is 5.32 Å². The van der Waals surface area contributed by atoms with Crippen molar-refractivity contribution in [2.24, 2.45) is 29.6 Å². The van der Waals surface area contributed by atoms with Gasteiger partial charge in [0, 0.05) is 18.9 Å². The van der Waals surface area contributed by atoms with Gasteiger partial charge in [0.2, 0.25) is 5.91 Å². The zero-order chi connectivity index (χ0) is 22.7. The Bertz CT molecular complexity index is 974. The smallest absolute Gasteiger partial charge is 0.337 e. The standard InChI is InChI=1S/C25H35N3O3/c1-14(2)20-10-18(16(5)9-19(20)13-26-24(29)15(3)4)12-23-27-21-8-7-17(25(30)31-6)11-22(21)28-23/h7-9,11,14-15,18-20H,10,12-13H2,1-6H3,(H,26,29)(H,27,28)/t18-,19-,20-/m0/s1. The summed E-state index contributed by atoms with van der Waals surface area (Å²) < 4.78 is 4.81. The predicted octanol–water partition coefficient (Wildman–Crippen LogP) is 4.52. The van der Waals surface area contributed by atoms with Gasteiger partial charge in [0.1, 0.15) is 5.82 Å². The van der Waals surface area contributed by atoms with E-state index in [0.29, 0.717) is 35.8 Å². The van der Waals surface area contributed by atoms with Gasteiger partial charge in [-0.3, -0.25) is 4.79 Å². The lowest BCUT2D eigenvalue weighted by atomic mass is 9.69. The molecule has 1 aromatic carbocycles. The first kappa shape index (κ1) is 23.0. The van der Waals surface area contributed by atoms with Gasteiger partial charge < -0.3 is 15.0 Å². The SMILES string of the molecule is COC(=O)c1ccc2nc(C[C@@H]3C[C@@H](C(C)C)[C@H](CNC(=O)C(C)C)C=C3C)[nH]c2c1. The molecule has 1 amide bonds. The number of aromatic nitrogens is 2. The van der Waals surface area contributed by atoms with Gasteiger partial charge in [-0.15, -0.1) is 0 Å². The van der Waals surface area contributed by atoms with E-state index in [-0.39, 0.29) is 17.8 Å². The first-order valence-corrected chi connectivity index (χ1v) is 11.2. The summed E-state index contributed by atoms with van der Waals surface area (Å²) >= 11 is 0. The number of carbonyl (C=O) groups excluding carboxylic acids is 2. The van der Waals surface area contributed by atoms with Gasteiger partial charge in [0.05, 0.1) is 23.7 Å². The number of methoxy groups -OCH3 is 1. The molecule has 2 N–H and O–H groups in total. The number of hydrogen-bond acceptors (Lipinski definition) is 4. The third-order valence-electron chi connectivity index (χ3n) is 6.51. The maximum atomic E-state index is 12.0. The Balaban J connectivity index is 1.76. The molecule has 1 heterocycles. The lowest BCUT2D eigenvalue weighted by Crippen LogP contribution is -2.38. The average molecular weight is 426 g/mol. The molecule has 0 unspecified atom stereocenters. The van der Waals surface area contributed by atoms with E-state index in [9.17, 15) is 9.59 Å². The Morgan fingerprint density at radius 1 is 1.26 bits per heavy atom. The zero-order valence-electron chi connectivity index (χ0n) is 19.5. The third-order valence-corrected chi connectivity index (χ3v) is 6.51. The second-order valence-electron chi connectivity index (χ2n) is 9.43. The quantitative estimate of drug-likeness (QED) is 0.505. The van der Waals surface area contributed by atoms with Crippen LogP contribution in [0.2, 0.25) is 0 Å². The minimum atomic E-state index is -0.348. The van der Waals surface area contributed by atoms with Crippen molar-refractivity contribution >= 4 is 22.9 Å². The van der Waals surface area contributed by atoms with E-state index in [4.69, 9.17) is 9.72 Å². The fraction of sp³-hybridized carbons (Fsp3) is 0.560. The molecule has 6 nitrogen and oxygen atoms in total. The molecular weight excluding hydrogens is 390 g/mol. The van der Waals surface area contributed by atoms with Crippen LogP contribution in [0.5, 0.6) is 0 Å². The monoisotopic (exact) mass is 425 g/mol. The number of imidazole rings is 1. The van der Waals surface area contributed by atoms with Crippen LogP contribution in [0.1, 0.15) is 57.2 Å². The second kappa shape index (κ2) is 9.67. The first-order valence-electron chi connectivity index (χ1n) is 11.2. The molecule has 2 aromatic rings. The van der Waals surface area contributed by atoms with Crippen molar-refractivity contribution in [2.45, 2.75) is 47.5 Å². The van der Waals surface area contributed by atoms with Crippen molar-refractivity contribution in [2.75, 3.05) is 13.7 Å². The first-order chi connectivity index (χ1) is 14.7. The van der Waals surface area contributed by atoms with Crippen LogP contribution in [-0.4, -0.2) is 35.5 Å². The Kier molecular flexibility index (Phi) is 7.19. The van der Waals surface area contributed by atoms with Crippen LogP contribution in [-0.2, 0) is 16.0 Å². The molecule has 0 fully saturated rings. The van der Waals surface area contributed by atoms with E-state index >= 15 is 0 Å². The summed E-state index contributed by atoms with van der Waals surface area (Å²) in [6, 6.07) is 5.40. The van der Waals surface area contributed by atoms with Crippen LogP contribution in [0.3, 0.4) is 0 Å². The predicted molar refractivity (Wildman–Crippen MR) is 123 cm³/mol. The number of ether oxygens (including phenoxy) is 1. The topological polar surface area (TPSA) is 84.1 Å². The molecule has 168 valence electrons. The van der Waals surface area contributed by atoms with E-state index in [1.807, 2.05) is 19.9 Å². The van der Waals surface area contributed by atoms with Gasteiger partial charge in [0.25, 0.3) is 0 Å². The zero-order valence-corrected chi connectivity index (χ0v) is 19.5.